The van der Waals surface area contributed by atoms with E-state index in [9.17, 15) is 9.59 Å². The molecule has 2 rings (SSSR count). The molecule has 96 valence electrons. The molecule has 1 atom stereocenters. The van der Waals surface area contributed by atoms with Gasteiger partial charge in [0.15, 0.2) is 0 Å². The number of anilines is 2. The summed E-state index contributed by atoms with van der Waals surface area (Å²) in [6, 6.07) is 2.85. The molecule has 1 aliphatic heterocycles. The standard InChI is InChI=1S/C12H13ClN2O3/c1-6-3-7(13)4-8-11(6)15-12(17)9(14-8)5-10(16)18-2/h3-4,9,14H,5H2,1-2H3,(H,15,17). The molecule has 1 aromatic rings. The van der Waals surface area contributed by atoms with Gasteiger partial charge in [0.1, 0.15) is 6.04 Å². The first-order chi connectivity index (χ1) is 8.51. The summed E-state index contributed by atoms with van der Waals surface area (Å²) in [6.07, 6.45) is -0.0205. The number of carbonyl (C=O) groups excluding carboxylic acids is 2. The van der Waals surface area contributed by atoms with Crippen molar-refractivity contribution in [2.24, 2.45) is 0 Å². The van der Waals surface area contributed by atoms with Crippen molar-refractivity contribution < 1.29 is 14.3 Å². The Balaban J connectivity index is 2.27. The number of ether oxygens (including phenoxy) is 1. The molecule has 6 heteroatoms. The summed E-state index contributed by atoms with van der Waals surface area (Å²) in [6.45, 7) is 1.85. The first-order valence-electron chi connectivity index (χ1n) is 5.45. The van der Waals surface area contributed by atoms with Crippen LogP contribution in [0.1, 0.15) is 12.0 Å². The van der Waals surface area contributed by atoms with E-state index in [0.29, 0.717) is 16.4 Å². The molecule has 0 fully saturated rings. The fourth-order valence-electron chi connectivity index (χ4n) is 1.88. The molecular weight excluding hydrogens is 256 g/mol. The van der Waals surface area contributed by atoms with Crippen molar-refractivity contribution in [2.45, 2.75) is 19.4 Å². The molecule has 1 unspecified atom stereocenters. The summed E-state index contributed by atoms with van der Waals surface area (Å²) in [4.78, 5) is 23.0. The number of carbonyl (C=O) groups is 2. The predicted molar refractivity (Wildman–Crippen MR) is 68.9 cm³/mol. The second kappa shape index (κ2) is 4.86. The highest BCUT2D eigenvalue weighted by Gasteiger charge is 2.28. The minimum Gasteiger partial charge on any atom is -0.469 e. The van der Waals surface area contributed by atoms with Crippen LogP contribution in [0, 0.1) is 6.92 Å². The number of rotatable bonds is 2. The van der Waals surface area contributed by atoms with Crippen molar-refractivity contribution in [1.29, 1.82) is 0 Å². The Morgan fingerprint density at radius 1 is 1.50 bits per heavy atom. The fourth-order valence-corrected chi connectivity index (χ4v) is 2.15. The van der Waals surface area contributed by atoms with Gasteiger partial charge in [-0.1, -0.05) is 11.6 Å². The van der Waals surface area contributed by atoms with Crippen LogP contribution in [-0.2, 0) is 14.3 Å². The largest absolute Gasteiger partial charge is 0.469 e. The number of methoxy groups -OCH3 is 1. The first kappa shape index (κ1) is 12.7. The topological polar surface area (TPSA) is 67.4 Å². The Kier molecular flexibility index (Phi) is 3.43. The molecule has 5 nitrogen and oxygen atoms in total. The van der Waals surface area contributed by atoms with E-state index in [1.165, 1.54) is 7.11 Å². The second-order valence-corrected chi connectivity index (χ2v) is 4.55. The van der Waals surface area contributed by atoms with Gasteiger partial charge in [0.05, 0.1) is 24.9 Å². The van der Waals surface area contributed by atoms with E-state index in [2.05, 4.69) is 15.4 Å². The highest BCUT2D eigenvalue weighted by atomic mass is 35.5. The number of benzene rings is 1. The predicted octanol–water partition coefficient (Wildman–Crippen LogP) is 1.94. The van der Waals surface area contributed by atoms with Crippen LogP contribution in [-0.4, -0.2) is 25.0 Å². The monoisotopic (exact) mass is 268 g/mol. The second-order valence-electron chi connectivity index (χ2n) is 4.11. The summed E-state index contributed by atoms with van der Waals surface area (Å²) < 4.78 is 4.55. The van der Waals surface area contributed by atoms with Gasteiger partial charge in [0.2, 0.25) is 5.91 Å². The number of hydrogen-bond donors (Lipinski definition) is 2. The van der Waals surface area contributed by atoms with Crippen molar-refractivity contribution >= 4 is 34.9 Å². The van der Waals surface area contributed by atoms with E-state index >= 15 is 0 Å². The van der Waals surface area contributed by atoms with E-state index in [0.717, 1.165) is 5.56 Å². The van der Waals surface area contributed by atoms with Crippen LogP contribution in [0.5, 0.6) is 0 Å². The summed E-state index contributed by atoms with van der Waals surface area (Å²) in [5.74, 6) is -0.692. The Labute approximate surface area is 109 Å². The molecular formula is C12H13ClN2O3. The first-order valence-corrected chi connectivity index (χ1v) is 5.83. The van der Waals surface area contributed by atoms with Gasteiger partial charge < -0.3 is 15.4 Å². The zero-order valence-electron chi connectivity index (χ0n) is 10.0. The lowest BCUT2D eigenvalue weighted by molar-refractivity contribution is -0.142. The summed E-state index contributed by atoms with van der Waals surface area (Å²) in [7, 11) is 1.29. The lowest BCUT2D eigenvalue weighted by Crippen LogP contribution is -2.40. The number of nitrogens with one attached hydrogen (secondary N) is 2. The van der Waals surface area contributed by atoms with Crippen molar-refractivity contribution in [3.05, 3.63) is 22.7 Å². The Morgan fingerprint density at radius 2 is 2.22 bits per heavy atom. The molecule has 0 aromatic heterocycles. The van der Waals surface area contributed by atoms with Crippen LogP contribution in [0.15, 0.2) is 12.1 Å². The molecule has 0 bridgehead atoms. The third kappa shape index (κ3) is 2.41. The zero-order chi connectivity index (χ0) is 13.3. The van der Waals surface area contributed by atoms with Gasteiger partial charge in [-0.3, -0.25) is 9.59 Å². The number of hydrogen-bond acceptors (Lipinski definition) is 4. The number of halogens is 1. The van der Waals surface area contributed by atoms with E-state index in [4.69, 9.17) is 11.6 Å². The molecule has 0 spiro atoms. The van der Waals surface area contributed by atoms with Gasteiger partial charge >= 0.3 is 5.97 Å². The van der Waals surface area contributed by atoms with Gasteiger partial charge in [-0.15, -0.1) is 0 Å². The van der Waals surface area contributed by atoms with Crippen LogP contribution in [0.4, 0.5) is 11.4 Å². The average molecular weight is 269 g/mol. The van der Waals surface area contributed by atoms with Crippen LogP contribution < -0.4 is 10.6 Å². The molecule has 0 radical (unpaired) electrons. The smallest absolute Gasteiger partial charge is 0.308 e. The number of esters is 1. The molecule has 1 aliphatic rings. The van der Waals surface area contributed by atoms with Crippen LogP contribution in [0.2, 0.25) is 5.02 Å². The van der Waals surface area contributed by atoms with Crippen molar-refractivity contribution in [3.8, 4) is 0 Å². The van der Waals surface area contributed by atoms with Crippen molar-refractivity contribution in [3.63, 3.8) is 0 Å². The van der Waals surface area contributed by atoms with Gasteiger partial charge in [-0.2, -0.15) is 0 Å². The molecule has 1 amide bonds. The average Bonchev–Trinajstić information content (AvgIpc) is 2.31. The van der Waals surface area contributed by atoms with Crippen molar-refractivity contribution in [2.75, 3.05) is 17.7 Å². The van der Waals surface area contributed by atoms with E-state index in [1.807, 2.05) is 6.92 Å². The lowest BCUT2D eigenvalue weighted by atomic mass is 10.1. The Hall–Kier alpha value is -1.75. The maximum atomic E-state index is 11.8. The van der Waals surface area contributed by atoms with Gasteiger partial charge in [-0.25, -0.2) is 0 Å². The molecule has 0 saturated carbocycles. The van der Waals surface area contributed by atoms with E-state index in [-0.39, 0.29) is 12.3 Å². The highest BCUT2D eigenvalue weighted by Crippen LogP contribution is 2.33. The number of fused-ring (bicyclic) bond motifs is 1. The molecule has 1 heterocycles. The number of aryl methyl sites for hydroxylation is 1. The summed E-state index contributed by atoms with van der Waals surface area (Å²) in [5, 5.41) is 6.34. The van der Waals surface area contributed by atoms with E-state index < -0.39 is 12.0 Å². The third-order valence-electron chi connectivity index (χ3n) is 2.79. The minimum atomic E-state index is -0.636. The van der Waals surface area contributed by atoms with Crippen LogP contribution in [0.25, 0.3) is 0 Å². The Morgan fingerprint density at radius 3 is 2.89 bits per heavy atom. The van der Waals surface area contributed by atoms with Gasteiger partial charge in [0.25, 0.3) is 0 Å². The molecule has 0 saturated heterocycles. The molecule has 0 aliphatic carbocycles. The maximum Gasteiger partial charge on any atom is 0.308 e. The minimum absolute atomic E-state index is 0.0205. The SMILES string of the molecule is COC(=O)CC1Nc2cc(Cl)cc(C)c2NC1=O. The van der Waals surface area contributed by atoms with Gasteiger partial charge in [0, 0.05) is 5.02 Å². The third-order valence-corrected chi connectivity index (χ3v) is 3.01. The summed E-state index contributed by atoms with van der Waals surface area (Å²) in [5.41, 5.74) is 2.29. The molecule has 2 N–H and O–H groups in total. The highest BCUT2D eigenvalue weighted by molar-refractivity contribution is 6.31. The quantitative estimate of drug-likeness (QED) is 0.805. The van der Waals surface area contributed by atoms with Crippen LogP contribution in [0.3, 0.4) is 0 Å². The molecule has 1 aromatic carbocycles. The Bertz CT molecular complexity index is 516. The normalized spacial score (nSPS) is 17.5. The lowest BCUT2D eigenvalue weighted by Gasteiger charge is -2.27. The zero-order valence-corrected chi connectivity index (χ0v) is 10.8. The van der Waals surface area contributed by atoms with Crippen LogP contribution >= 0.6 is 11.6 Å². The number of amides is 1. The maximum absolute atomic E-state index is 11.8. The van der Waals surface area contributed by atoms with Crippen molar-refractivity contribution in [1.82, 2.24) is 0 Å². The van der Waals surface area contributed by atoms with Gasteiger partial charge in [-0.05, 0) is 24.6 Å². The fraction of sp³-hybridized carbons (Fsp3) is 0.333. The summed E-state index contributed by atoms with van der Waals surface area (Å²) >= 11 is 5.95. The molecule has 18 heavy (non-hydrogen) atoms. The van der Waals surface area contributed by atoms with E-state index in [1.54, 1.807) is 12.1 Å².